The number of aromatic nitrogens is 3. The summed E-state index contributed by atoms with van der Waals surface area (Å²) in [7, 11) is -2.89. The number of hydrogen-bond donors (Lipinski definition) is 0. The molecule has 2 fully saturated rings. The van der Waals surface area contributed by atoms with Crippen molar-refractivity contribution in [2.75, 3.05) is 18.1 Å². The van der Waals surface area contributed by atoms with Crippen LogP contribution >= 0.6 is 12.2 Å². The average Bonchev–Trinajstić information content (AvgIpc) is 3.13. The molecule has 1 aliphatic carbocycles. The smallest absolute Gasteiger partial charge is 0.199 e. The largest absolute Gasteiger partial charge is 0.301 e. The highest BCUT2D eigenvalue weighted by molar-refractivity contribution is 7.91. The Labute approximate surface area is 143 Å². The van der Waals surface area contributed by atoms with Crippen LogP contribution in [0.25, 0.3) is 0 Å². The van der Waals surface area contributed by atoms with E-state index in [1.54, 1.807) is 0 Å². The van der Waals surface area contributed by atoms with Gasteiger partial charge in [-0.15, -0.1) is 0 Å². The summed E-state index contributed by atoms with van der Waals surface area (Å²) in [6.07, 6.45) is 3.07. The number of nitrogens with zero attached hydrogens (tertiary/aromatic N) is 4. The first-order valence-electron chi connectivity index (χ1n) is 8.37. The number of aryl methyl sites for hydroxylation is 1. The molecular formula is C15H26N4O2S2. The fourth-order valence-corrected chi connectivity index (χ4v) is 5.54. The van der Waals surface area contributed by atoms with Gasteiger partial charge in [-0.3, -0.25) is 4.90 Å². The molecule has 1 atom stereocenters. The molecule has 0 spiro atoms. The molecular weight excluding hydrogens is 332 g/mol. The maximum atomic E-state index is 11.8. The van der Waals surface area contributed by atoms with Crippen molar-refractivity contribution in [1.82, 2.24) is 19.2 Å². The van der Waals surface area contributed by atoms with Gasteiger partial charge in [-0.1, -0.05) is 13.8 Å². The van der Waals surface area contributed by atoms with Gasteiger partial charge in [-0.25, -0.2) is 13.1 Å². The predicted molar refractivity (Wildman–Crippen MR) is 92.7 cm³/mol. The van der Waals surface area contributed by atoms with Crippen molar-refractivity contribution in [2.45, 2.75) is 58.8 Å². The van der Waals surface area contributed by atoms with Gasteiger partial charge in [0.25, 0.3) is 0 Å². The summed E-state index contributed by atoms with van der Waals surface area (Å²) in [6.45, 7) is 7.75. The predicted octanol–water partition coefficient (Wildman–Crippen LogP) is 2.16. The van der Waals surface area contributed by atoms with Crippen molar-refractivity contribution in [3.63, 3.8) is 0 Å². The summed E-state index contributed by atoms with van der Waals surface area (Å²) in [5.41, 5.74) is 0. The number of hydrogen-bond acceptors (Lipinski definition) is 5. The Morgan fingerprint density at radius 3 is 2.57 bits per heavy atom. The van der Waals surface area contributed by atoms with Crippen LogP contribution in [0.4, 0.5) is 0 Å². The molecule has 2 aliphatic rings. The highest BCUT2D eigenvalue weighted by atomic mass is 32.2. The van der Waals surface area contributed by atoms with Gasteiger partial charge in [0.1, 0.15) is 5.82 Å². The molecule has 8 heteroatoms. The van der Waals surface area contributed by atoms with Crippen LogP contribution in [0.1, 0.15) is 45.0 Å². The first kappa shape index (κ1) is 17.1. The summed E-state index contributed by atoms with van der Waals surface area (Å²) >= 11 is 5.60. The van der Waals surface area contributed by atoms with Gasteiger partial charge < -0.3 is 4.57 Å². The third-order valence-corrected chi connectivity index (χ3v) is 6.75. The van der Waals surface area contributed by atoms with Crippen LogP contribution in [0.15, 0.2) is 0 Å². The summed E-state index contributed by atoms with van der Waals surface area (Å²) in [6, 6.07) is 0.595. The second kappa shape index (κ2) is 6.29. The van der Waals surface area contributed by atoms with E-state index in [0.29, 0.717) is 30.8 Å². The zero-order chi connectivity index (χ0) is 16.8. The van der Waals surface area contributed by atoms with Crippen LogP contribution in [-0.4, -0.2) is 51.8 Å². The second-order valence-corrected chi connectivity index (χ2v) is 9.89. The molecule has 23 heavy (non-hydrogen) atoms. The van der Waals surface area contributed by atoms with Gasteiger partial charge in [0, 0.05) is 18.6 Å². The lowest BCUT2D eigenvalue weighted by molar-refractivity contribution is 0.137. The van der Waals surface area contributed by atoms with E-state index in [9.17, 15) is 8.42 Å². The van der Waals surface area contributed by atoms with E-state index >= 15 is 0 Å². The lowest BCUT2D eigenvalue weighted by atomic mass is 10.1. The number of sulfone groups is 1. The Morgan fingerprint density at radius 1 is 1.35 bits per heavy atom. The normalized spacial score (nSPS) is 24.0. The molecule has 0 aromatic carbocycles. The van der Waals surface area contributed by atoms with Crippen LogP contribution in [0, 0.1) is 17.6 Å². The van der Waals surface area contributed by atoms with Gasteiger partial charge in [0.15, 0.2) is 14.6 Å². The number of rotatable bonds is 6. The molecule has 1 aromatic heterocycles. The Balaban J connectivity index is 1.81. The van der Waals surface area contributed by atoms with Crippen molar-refractivity contribution < 1.29 is 8.42 Å². The minimum absolute atomic E-state index is 0.0793. The van der Waals surface area contributed by atoms with Crippen molar-refractivity contribution in [3.8, 4) is 0 Å². The fourth-order valence-electron chi connectivity index (χ4n) is 3.40. The highest BCUT2D eigenvalue weighted by Gasteiger charge is 2.33. The summed E-state index contributed by atoms with van der Waals surface area (Å²) in [5.74, 6) is 1.99. The summed E-state index contributed by atoms with van der Waals surface area (Å²) in [5, 5.41) is 4.61. The molecule has 6 nitrogen and oxygen atoms in total. The zero-order valence-corrected chi connectivity index (χ0v) is 15.7. The minimum atomic E-state index is -2.89. The van der Waals surface area contributed by atoms with Crippen molar-refractivity contribution in [1.29, 1.82) is 0 Å². The first-order chi connectivity index (χ1) is 10.8. The summed E-state index contributed by atoms with van der Waals surface area (Å²) in [4.78, 5) is 2.24. The van der Waals surface area contributed by atoms with E-state index in [1.807, 2.05) is 11.6 Å². The lowest BCUT2D eigenvalue weighted by Gasteiger charge is -2.29. The Kier molecular flexibility index (Phi) is 4.68. The van der Waals surface area contributed by atoms with Crippen molar-refractivity contribution in [3.05, 3.63) is 10.6 Å². The van der Waals surface area contributed by atoms with Crippen LogP contribution < -0.4 is 0 Å². The van der Waals surface area contributed by atoms with Gasteiger partial charge in [-0.2, -0.15) is 5.10 Å². The third kappa shape index (κ3) is 3.85. The lowest BCUT2D eigenvalue weighted by Crippen LogP contribution is -2.40. The molecule has 0 amide bonds. The van der Waals surface area contributed by atoms with E-state index in [2.05, 4.69) is 28.4 Å². The molecule has 1 saturated carbocycles. The quantitative estimate of drug-likeness (QED) is 0.729. The molecule has 1 aliphatic heterocycles. The molecule has 1 unspecified atom stereocenters. The van der Waals surface area contributed by atoms with E-state index in [4.69, 9.17) is 12.2 Å². The molecule has 3 rings (SSSR count). The van der Waals surface area contributed by atoms with E-state index in [1.165, 1.54) is 12.8 Å². The fraction of sp³-hybridized carbons (Fsp3) is 0.867. The zero-order valence-electron chi connectivity index (χ0n) is 14.1. The Hall–Kier alpha value is -0.730. The van der Waals surface area contributed by atoms with E-state index < -0.39 is 9.84 Å². The minimum Gasteiger partial charge on any atom is -0.301 e. The van der Waals surface area contributed by atoms with Crippen LogP contribution in [0.3, 0.4) is 0 Å². The maximum Gasteiger partial charge on any atom is 0.199 e. The molecule has 130 valence electrons. The molecule has 0 radical (unpaired) electrons. The highest BCUT2D eigenvalue weighted by Crippen LogP contribution is 2.36. The summed E-state index contributed by atoms with van der Waals surface area (Å²) < 4.78 is 28.4. The third-order valence-electron chi connectivity index (χ3n) is 4.59. The molecule has 1 aromatic rings. The molecule has 0 bridgehead atoms. The van der Waals surface area contributed by atoms with Crippen molar-refractivity contribution >= 4 is 22.1 Å². The van der Waals surface area contributed by atoms with Crippen LogP contribution in [-0.2, 0) is 16.5 Å². The van der Waals surface area contributed by atoms with Gasteiger partial charge in [-0.05, 0) is 44.3 Å². The Bertz CT molecular complexity index is 731. The van der Waals surface area contributed by atoms with Crippen LogP contribution in [0.2, 0.25) is 0 Å². The van der Waals surface area contributed by atoms with Gasteiger partial charge in [0.05, 0.1) is 18.2 Å². The monoisotopic (exact) mass is 358 g/mol. The maximum absolute atomic E-state index is 11.8. The molecule has 1 saturated heterocycles. The Morgan fingerprint density at radius 2 is 2.04 bits per heavy atom. The second-order valence-electron chi connectivity index (χ2n) is 7.29. The van der Waals surface area contributed by atoms with Crippen LogP contribution in [0.5, 0.6) is 0 Å². The topological polar surface area (TPSA) is 60.1 Å². The van der Waals surface area contributed by atoms with Gasteiger partial charge in [0.2, 0.25) is 0 Å². The SMILES string of the molecule is Cc1nn(CN(CC(C)C)C2CCS(=O)(=O)C2)c(=S)n1C1CC1. The standard InChI is InChI=1S/C15H26N4O2S2/c1-11(2)8-17(14-6-7-23(20,21)9-14)10-18-15(22)19(12(3)16-18)13-4-5-13/h11,13-14H,4-10H2,1-3H3. The molecule has 0 N–H and O–H groups in total. The molecule has 2 heterocycles. The van der Waals surface area contributed by atoms with Crippen molar-refractivity contribution in [2.24, 2.45) is 5.92 Å². The van der Waals surface area contributed by atoms with E-state index in [-0.39, 0.29) is 11.8 Å². The first-order valence-corrected chi connectivity index (χ1v) is 10.6. The van der Waals surface area contributed by atoms with E-state index in [0.717, 1.165) is 17.1 Å². The average molecular weight is 359 g/mol. The van der Waals surface area contributed by atoms with Gasteiger partial charge >= 0.3 is 0 Å².